The van der Waals surface area contributed by atoms with E-state index in [0.29, 0.717) is 0 Å². The summed E-state index contributed by atoms with van der Waals surface area (Å²) in [6.07, 6.45) is 11.9. The third kappa shape index (κ3) is 8.56. The maximum Gasteiger partial charge on any atom is 0.0701 e. The first-order valence-electron chi connectivity index (χ1n) is 14.1. The van der Waals surface area contributed by atoms with Gasteiger partial charge in [0.05, 0.1) is 5.41 Å². The van der Waals surface area contributed by atoms with Gasteiger partial charge >= 0.3 is 0 Å². The minimum atomic E-state index is -0.328. The summed E-state index contributed by atoms with van der Waals surface area (Å²) in [6, 6.07) is 53.7. The first kappa shape index (κ1) is 30.7. The lowest BCUT2D eigenvalue weighted by Gasteiger charge is -2.36. The van der Waals surface area contributed by atoms with Crippen LogP contribution >= 0.6 is 0 Å². The first-order chi connectivity index (χ1) is 20.2. The zero-order valence-electron chi connectivity index (χ0n) is 24.5. The molecular formula is C41H40. The van der Waals surface area contributed by atoms with Crippen molar-refractivity contribution >= 4 is 0 Å². The fraction of sp³-hybridized carbons (Fsp3) is 0.122. The molecule has 0 bridgehead atoms. The Kier molecular flexibility index (Phi) is 12.7. The van der Waals surface area contributed by atoms with Gasteiger partial charge in [-0.25, -0.2) is 0 Å². The molecule has 0 heteroatoms. The van der Waals surface area contributed by atoms with Gasteiger partial charge in [0.15, 0.2) is 0 Å². The van der Waals surface area contributed by atoms with E-state index in [1.54, 1.807) is 6.92 Å². The van der Waals surface area contributed by atoms with E-state index in [1.807, 2.05) is 6.92 Å². The second-order valence-corrected chi connectivity index (χ2v) is 9.70. The summed E-state index contributed by atoms with van der Waals surface area (Å²) in [5, 5.41) is 0. The predicted octanol–water partition coefficient (Wildman–Crippen LogP) is 10.5. The van der Waals surface area contributed by atoms with Crippen LogP contribution in [0.3, 0.4) is 0 Å². The molecule has 5 rings (SSSR count). The highest BCUT2D eigenvalue weighted by Gasteiger charge is 2.37. The Bertz CT molecular complexity index is 1330. The van der Waals surface area contributed by atoms with E-state index < -0.39 is 0 Å². The highest BCUT2D eigenvalue weighted by atomic mass is 14.4. The molecule has 0 radical (unpaired) electrons. The third-order valence-corrected chi connectivity index (χ3v) is 6.73. The van der Waals surface area contributed by atoms with Gasteiger partial charge in [-0.15, -0.1) is 12.3 Å². The molecule has 0 heterocycles. The maximum absolute atomic E-state index is 4.60. The van der Waals surface area contributed by atoms with Crippen LogP contribution in [-0.2, 0) is 11.8 Å². The Balaban J connectivity index is 0.000000244. The van der Waals surface area contributed by atoms with Crippen LogP contribution < -0.4 is 0 Å². The van der Waals surface area contributed by atoms with Crippen LogP contribution in [0.25, 0.3) is 0 Å². The Hall–Kier alpha value is -4.86. The lowest BCUT2D eigenvalue weighted by molar-refractivity contribution is 0.745. The normalized spacial score (nSPS) is 10.9. The van der Waals surface area contributed by atoms with Crippen molar-refractivity contribution in [2.45, 2.75) is 32.6 Å². The Morgan fingerprint density at radius 2 is 0.878 bits per heavy atom. The summed E-state index contributed by atoms with van der Waals surface area (Å²) >= 11 is 0. The zero-order valence-corrected chi connectivity index (χ0v) is 24.5. The van der Waals surface area contributed by atoms with Gasteiger partial charge in [-0.3, -0.25) is 0 Å². The predicted molar refractivity (Wildman–Crippen MR) is 178 cm³/mol. The first-order valence-corrected chi connectivity index (χ1v) is 14.1. The van der Waals surface area contributed by atoms with Gasteiger partial charge in [-0.2, -0.15) is 0 Å². The topological polar surface area (TPSA) is 0 Å². The van der Waals surface area contributed by atoms with Gasteiger partial charge in [0.1, 0.15) is 0 Å². The van der Waals surface area contributed by atoms with E-state index in [4.69, 9.17) is 0 Å². The Labute approximate surface area is 247 Å². The van der Waals surface area contributed by atoms with E-state index in [2.05, 4.69) is 189 Å². The minimum Gasteiger partial charge on any atom is -0.120 e. The van der Waals surface area contributed by atoms with Crippen LogP contribution in [0.4, 0.5) is 0 Å². The van der Waals surface area contributed by atoms with Gasteiger partial charge in [0.25, 0.3) is 0 Å². The monoisotopic (exact) mass is 532 g/mol. The smallest absolute Gasteiger partial charge is 0.0701 e. The summed E-state index contributed by atoms with van der Waals surface area (Å²) < 4.78 is 0. The molecule has 0 saturated heterocycles. The third-order valence-electron chi connectivity index (χ3n) is 6.73. The quantitative estimate of drug-likeness (QED) is 0.111. The second-order valence-electron chi connectivity index (χ2n) is 9.70. The van der Waals surface area contributed by atoms with E-state index in [0.717, 1.165) is 6.42 Å². The van der Waals surface area contributed by atoms with Crippen LogP contribution in [0.15, 0.2) is 175 Å². The van der Waals surface area contributed by atoms with Crippen LogP contribution in [0.2, 0.25) is 0 Å². The molecule has 0 amide bonds. The average molecular weight is 533 g/mol. The van der Waals surface area contributed by atoms with Crippen LogP contribution in [0.1, 0.15) is 48.6 Å². The number of rotatable bonds is 7. The summed E-state index contributed by atoms with van der Waals surface area (Å²) in [7, 11) is 0. The summed E-state index contributed by atoms with van der Waals surface area (Å²) in [6.45, 7) is 5.85. The lowest BCUT2D eigenvalue weighted by Crippen LogP contribution is -2.30. The van der Waals surface area contributed by atoms with Crippen molar-refractivity contribution < 1.29 is 0 Å². The van der Waals surface area contributed by atoms with Gasteiger partial charge in [-0.05, 0) is 55.0 Å². The molecule has 0 spiro atoms. The van der Waals surface area contributed by atoms with Gasteiger partial charge in [0, 0.05) is 0 Å². The fourth-order valence-corrected chi connectivity index (χ4v) is 4.99. The van der Waals surface area contributed by atoms with Gasteiger partial charge in [0.2, 0.25) is 0 Å². The number of allylic oxidation sites excluding steroid dienone is 4. The van der Waals surface area contributed by atoms with E-state index >= 15 is 0 Å². The molecule has 0 saturated carbocycles. The van der Waals surface area contributed by atoms with E-state index in [9.17, 15) is 0 Å². The van der Waals surface area contributed by atoms with E-state index in [1.165, 1.54) is 33.4 Å². The Morgan fingerprint density at radius 3 is 1.17 bits per heavy atom. The summed E-state index contributed by atoms with van der Waals surface area (Å²) in [4.78, 5) is 0. The minimum absolute atomic E-state index is 0.328. The summed E-state index contributed by atoms with van der Waals surface area (Å²) in [5.41, 5.74) is 7.55. The number of terminal acetylenes is 1. The summed E-state index contributed by atoms with van der Waals surface area (Å²) in [5.74, 6) is 2.25. The molecule has 0 aliphatic rings. The van der Waals surface area contributed by atoms with Crippen LogP contribution in [0, 0.1) is 12.3 Å². The van der Waals surface area contributed by atoms with Crippen molar-refractivity contribution in [2.24, 2.45) is 0 Å². The molecule has 0 unspecified atom stereocenters. The maximum atomic E-state index is 4.60. The van der Waals surface area contributed by atoms with Crippen molar-refractivity contribution in [1.82, 2.24) is 0 Å². The van der Waals surface area contributed by atoms with Crippen molar-refractivity contribution in [3.8, 4) is 12.3 Å². The zero-order chi connectivity index (χ0) is 29.2. The van der Waals surface area contributed by atoms with Crippen molar-refractivity contribution in [2.75, 3.05) is 0 Å². The molecule has 0 nitrogen and oxygen atoms in total. The van der Waals surface area contributed by atoms with Crippen LogP contribution in [0.5, 0.6) is 0 Å². The van der Waals surface area contributed by atoms with E-state index in [-0.39, 0.29) is 5.41 Å². The van der Waals surface area contributed by atoms with Crippen molar-refractivity contribution in [3.05, 3.63) is 203 Å². The lowest BCUT2D eigenvalue weighted by atomic mass is 9.65. The number of benzene rings is 5. The molecule has 0 fully saturated rings. The van der Waals surface area contributed by atoms with Gasteiger partial charge < -0.3 is 0 Å². The molecular weight excluding hydrogens is 492 g/mol. The molecule has 0 aliphatic heterocycles. The Morgan fingerprint density at radius 1 is 0.585 bits per heavy atom. The van der Waals surface area contributed by atoms with Crippen molar-refractivity contribution in [3.63, 3.8) is 0 Å². The number of hydrogen-bond donors (Lipinski definition) is 0. The van der Waals surface area contributed by atoms with Gasteiger partial charge in [-0.1, -0.05) is 175 Å². The largest absolute Gasteiger partial charge is 0.120 e. The number of hydrogen-bond acceptors (Lipinski definition) is 0. The fourth-order valence-electron chi connectivity index (χ4n) is 4.99. The molecule has 5 aromatic rings. The molecule has 0 aromatic heterocycles. The molecule has 5 aromatic carbocycles. The molecule has 41 heavy (non-hydrogen) atoms. The average Bonchev–Trinajstić information content (AvgIpc) is 3.04. The molecule has 0 aliphatic carbocycles. The molecule has 0 N–H and O–H groups in total. The second kappa shape index (κ2) is 17.0. The standard InChI is InChI=1S/C25H20.C13H16.C3H4/c1-5-13-21(14-6-1)25(22-15-7-2-8-16-22,23-17-9-3-10-18-23)24-19-11-4-12-20-24;1-3-4-8-12(2)11-13-9-6-5-7-10-13;1-3-2/h1-20H;3-10H,11H2,1-2H3;1H,2H3/b;4-3-,12-8+;. The highest BCUT2D eigenvalue weighted by Crippen LogP contribution is 2.44. The molecule has 204 valence electrons. The van der Waals surface area contributed by atoms with Crippen molar-refractivity contribution in [1.29, 1.82) is 0 Å². The SMILES string of the molecule is C#CC.C/C=C\C=C(/C)Cc1ccccc1.c1ccc(C(c2ccccc2)(c2ccccc2)c2ccccc2)cc1. The highest BCUT2D eigenvalue weighted by molar-refractivity contribution is 5.59. The van der Waals surface area contributed by atoms with Crippen LogP contribution in [-0.4, -0.2) is 0 Å². The molecule has 0 atom stereocenters.